The molecule has 0 amide bonds. The van der Waals surface area contributed by atoms with Crippen molar-refractivity contribution < 1.29 is 8.42 Å². The van der Waals surface area contributed by atoms with Gasteiger partial charge in [0.25, 0.3) is 10.0 Å². The number of aryl methyl sites for hydroxylation is 1. The van der Waals surface area contributed by atoms with E-state index in [1.807, 2.05) is 6.92 Å². The lowest BCUT2D eigenvalue weighted by Crippen LogP contribution is -2.14. The minimum Gasteiger partial charge on any atom is -0.368 e. The minimum atomic E-state index is -3.74. The van der Waals surface area contributed by atoms with Crippen LogP contribution in [0.2, 0.25) is 0 Å². The molecule has 0 atom stereocenters. The molecule has 0 aromatic carbocycles. The molecule has 0 saturated heterocycles. The van der Waals surface area contributed by atoms with E-state index in [-0.39, 0.29) is 16.7 Å². The fourth-order valence-electron chi connectivity index (χ4n) is 1.19. The molecule has 0 aliphatic heterocycles. The summed E-state index contributed by atoms with van der Waals surface area (Å²) < 4.78 is 26.2. The van der Waals surface area contributed by atoms with Gasteiger partial charge in [0, 0.05) is 6.20 Å². The minimum absolute atomic E-state index is 0.0161. The standard InChI is InChI=1S/C10H11N5O2S/c1-7-2-3-9(12-4-7)15-18(16,17)8-5-13-10(11)14-6-8/h2-6H,1H3,(H,12,15)(H2,11,13,14). The molecule has 0 spiro atoms. The third kappa shape index (κ3) is 2.72. The van der Waals surface area contributed by atoms with Crippen LogP contribution >= 0.6 is 0 Å². The maximum absolute atomic E-state index is 11.9. The Bertz CT molecular complexity index is 637. The number of nitrogens with one attached hydrogen (secondary N) is 1. The molecule has 2 rings (SSSR count). The highest BCUT2D eigenvalue weighted by molar-refractivity contribution is 7.92. The molecule has 2 heterocycles. The summed E-state index contributed by atoms with van der Waals surface area (Å²) in [6.07, 6.45) is 3.84. The first-order valence-corrected chi connectivity index (χ1v) is 6.49. The molecule has 0 saturated carbocycles. The second-order valence-corrected chi connectivity index (χ2v) is 5.29. The smallest absolute Gasteiger partial charge is 0.266 e. The van der Waals surface area contributed by atoms with Crippen LogP contribution in [0.1, 0.15) is 5.56 Å². The average Bonchev–Trinajstić information content (AvgIpc) is 2.32. The molecule has 7 nitrogen and oxygen atoms in total. The van der Waals surface area contributed by atoms with Gasteiger partial charge in [0.2, 0.25) is 5.95 Å². The van der Waals surface area contributed by atoms with Gasteiger partial charge in [0.1, 0.15) is 10.7 Å². The van der Waals surface area contributed by atoms with Gasteiger partial charge in [0.15, 0.2) is 0 Å². The molecule has 18 heavy (non-hydrogen) atoms. The van der Waals surface area contributed by atoms with Gasteiger partial charge in [-0.15, -0.1) is 0 Å². The summed E-state index contributed by atoms with van der Waals surface area (Å²) >= 11 is 0. The highest BCUT2D eigenvalue weighted by Crippen LogP contribution is 2.12. The van der Waals surface area contributed by atoms with Crippen LogP contribution in [-0.2, 0) is 10.0 Å². The maximum Gasteiger partial charge on any atom is 0.266 e. The van der Waals surface area contributed by atoms with E-state index in [0.29, 0.717) is 0 Å². The van der Waals surface area contributed by atoms with Crippen LogP contribution in [0.25, 0.3) is 0 Å². The second kappa shape index (κ2) is 4.57. The Kier molecular flexibility index (Phi) is 3.11. The van der Waals surface area contributed by atoms with Gasteiger partial charge in [-0.25, -0.2) is 23.4 Å². The van der Waals surface area contributed by atoms with Crippen molar-refractivity contribution in [2.75, 3.05) is 10.5 Å². The Morgan fingerprint density at radius 3 is 2.33 bits per heavy atom. The highest BCUT2D eigenvalue weighted by Gasteiger charge is 2.15. The molecule has 0 unspecified atom stereocenters. The van der Waals surface area contributed by atoms with Gasteiger partial charge in [-0.05, 0) is 18.6 Å². The zero-order valence-electron chi connectivity index (χ0n) is 9.53. The summed E-state index contributed by atoms with van der Waals surface area (Å²) in [6.45, 7) is 1.86. The lowest BCUT2D eigenvalue weighted by atomic mass is 10.3. The van der Waals surface area contributed by atoms with E-state index in [1.165, 1.54) is 0 Å². The highest BCUT2D eigenvalue weighted by atomic mass is 32.2. The summed E-state index contributed by atoms with van der Waals surface area (Å²) in [5.74, 6) is 0.250. The van der Waals surface area contributed by atoms with Crippen LogP contribution in [0.15, 0.2) is 35.6 Å². The summed E-state index contributed by atoms with van der Waals surface area (Å²) in [5, 5.41) is 0. The van der Waals surface area contributed by atoms with Crippen molar-refractivity contribution in [3.05, 3.63) is 36.3 Å². The van der Waals surface area contributed by atoms with Crippen molar-refractivity contribution in [1.82, 2.24) is 15.0 Å². The lowest BCUT2D eigenvalue weighted by Gasteiger charge is -2.06. The van der Waals surface area contributed by atoms with Crippen LogP contribution in [-0.4, -0.2) is 23.4 Å². The number of hydrogen-bond donors (Lipinski definition) is 2. The molecule has 2 aromatic heterocycles. The number of hydrogen-bond acceptors (Lipinski definition) is 6. The van der Waals surface area contributed by atoms with Gasteiger partial charge in [-0.3, -0.25) is 4.72 Å². The molecule has 0 radical (unpaired) electrons. The maximum atomic E-state index is 11.9. The number of nitrogens with two attached hydrogens (primary N) is 1. The van der Waals surface area contributed by atoms with Crippen molar-refractivity contribution in [2.45, 2.75) is 11.8 Å². The molecule has 3 N–H and O–H groups in total. The number of nitrogens with zero attached hydrogens (tertiary/aromatic N) is 3. The zero-order chi connectivity index (χ0) is 13.2. The third-order valence-electron chi connectivity index (χ3n) is 2.11. The van der Waals surface area contributed by atoms with E-state index in [9.17, 15) is 8.42 Å². The predicted octanol–water partition coefficient (Wildman–Crippen LogP) is 0.563. The molecule has 8 heteroatoms. The zero-order valence-corrected chi connectivity index (χ0v) is 10.3. The Hall–Kier alpha value is -2.22. The normalized spacial score (nSPS) is 11.2. The fourth-order valence-corrected chi connectivity index (χ4v) is 2.09. The number of nitrogen functional groups attached to an aromatic ring is 1. The second-order valence-electron chi connectivity index (χ2n) is 3.60. The Labute approximate surface area is 104 Å². The number of sulfonamides is 1. The molecule has 94 valence electrons. The first-order chi connectivity index (χ1) is 8.47. The van der Waals surface area contributed by atoms with Gasteiger partial charge >= 0.3 is 0 Å². The van der Waals surface area contributed by atoms with Crippen molar-refractivity contribution >= 4 is 21.8 Å². The van der Waals surface area contributed by atoms with Crippen LogP contribution in [0.3, 0.4) is 0 Å². The van der Waals surface area contributed by atoms with Crippen LogP contribution < -0.4 is 10.5 Å². The van der Waals surface area contributed by atoms with Gasteiger partial charge in [0.05, 0.1) is 12.4 Å². The topological polar surface area (TPSA) is 111 Å². The Balaban J connectivity index is 2.27. The van der Waals surface area contributed by atoms with Gasteiger partial charge in [-0.2, -0.15) is 0 Å². The Morgan fingerprint density at radius 2 is 1.78 bits per heavy atom. The van der Waals surface area contributed by atoms with Gasteiger partial charge < -0.3 is 5.73 Å². The van der Waals surface area contributed by atoms with E-state index < -0.39 is 10.0 Å². The first-order valence-electron chi connectivity index (χ1n) is 5.00. The molecule has 2 aromatic rings. The monoisotopic (exact) mass is 265 g/mol. The van der Waals surface area contributed by atoms with E-state index in [0.717, 1.165) is 18.0 Å². The molecule has 0 fully saturated rings. The molecular formula is C10H11N5O2S. The van der Waals surface area contributed by atoms with Crippen molar-refractivity contribution in [1.29, 1.82) is 0 Å². The lowest BCUT2D eigenvalue weighted by molar-refractivity contribution is 0.600. The quantitative estimate of drug-likeness (QED) is 0.839. The van der Waals surface area contributed by atoms with Crippen molar-refractivity contribution in [2.24, 2.45) is 0 Å². The molecule has 0 bridgehead atoms. The van der Waals surface area contributed by atoms with E-state index in [1.54, 1.807) is 18.3 Å². The first kappa shape index (κ1) is 12.2. The third-order valence-corrected chi connectivity index (χ3v) is 3.42. The largest absolute Gasteiger partial charge is 0.368 e. The van der Waals surface area contributed by atoms with Crippen molar-refractivity contribution in [3.63, 3.8) is 0 Å². The summed E-state index contributed by atoms with van der Waals surface area (Å²) in [5.41, 5.74) is 6.23. The summed E-state index contributed by atoms with van der Waals surface area (Å²) in [6, 6.07) is 3.33. The van der Waals surface area contributed by atoms with E-state index in [4.69, 9.17) is 5.73 Å². The van der Waals surface area contributed by atoms with E-state index >= 15 is 0 Å². The summed E-state index contributed by atoms with van der Waals surface area (Å²) in [7, 11) is -3.74. The fraction of sp³-hybridized carbons (Fsp3) is 0.100. The van der Waals surface area contributed by atoms with Gasteiger partial charge in [-0.1, -0.05) is 6.07 Å². The summed E-state index contributed by atoms with van der Waals surface area (Å²) in [4.78, 5) is 11.1. The molecule has 0 aliphatic rings. The van der Waals surface area contributed by atoms with Crippen LogP contribution in [0, 0.1) is 6.92 Å². The predicted molar refractivity (Wildman–Crippen MR) is 66.2 cm³/mol. The molecular weight excluding hydrogens is 254 g/mol. The number of anilines is 2. The number of pyridine rings is 1. The average molecular weight is 265 g/mol. The molecule has 0 aliphatic carbocycles. The van der Waals surface area contributed by atoms with E-state index in [2.05, 4.69) is 19.7 Å². The number of aromatic nitrogens is 3. The Morgan fingerprint density at radius 1 is 1.11 bits per heavy atom. The number of rotatable bonds is 3. The van der Waals surface area contributed by atoms with Crippen LogP contribution in [0.4, 0.5) is 11.8 Å². The van der Waals surface area contributed by atoms with Crippen molar-refractivity contribution in [3.8, 4) is 0 Å². The SMILES string of the molecule is Cc1ccc(NS(=O)(=O)c2cnc(N)nc2)nc1. The van der Waals surface area contributed by atoms with Crippen LogP contribution in [0.5, 0.6) is 0 Å².